The third kappa shape index (κ3) is 3.19. The van der Waals surface area contributed by atoms with Gasteiger partial charge in [-0.25, -0.2) is 0 Å². The highest BCUT2D eigenvalue weighted by Gasteiger charge is 2.42. The normalized spacial score (nSPS) is 25.6. The van der Waals surface area contributed by atoms with Gasteiger partial charge >= 0.3 is 0 Å². The van der Waals surface area contributed by atoms with Gasteiger partial charge in [0.15, 0.2) is 5.78 Å². The highest BCUT2D eigenvalue weighted by Crippen LogP contribution is 2.34. The van der Waals surface area contributed by atoms with Crippen molar-refractivity contribution in [3.05, 3.63) is 11.6 Å². The van der Waals surface area contributed by atoms with E-state index in [1.165, 1.54) is 5.57 Å². The second kappa shape index (κ2) is 4.56. The zero-order valence-electron chi connectivity index (χ0n) is 12.4. The van der Waals surface area contributed by atoms with E-state index in [4.69, 9.17) is 0 Å². The Bertz CT molecular complexity index is 328. The van der Waals surface area contributed by atoms with Gasteiger partial charge in [-0.3, -0.25) is 9.69 Å². The van der Waals surface area contributed by atoms with Gasteiger partial charge in [0, 0.05) is 17.5 Å². The highest BCUT2D eigenvalue weighted by atomic mass is 16.1. The molecule has 1 fully saturated rings. The van der Waals surface area contributed by atoms with Gasteiger partial charge in [0.1, 0.15) is 0 Å². The van der Waals surface area contributed by atoms with E-state index in [2.05, 4.69) is 38.7 Å². The van der Waals surface area contributed by atoms with E-state index in [0.717, 1.165) is 13.0 Å². The zero-order valence-corrected chi connectivity index (χ0v) is 12.4. The van der Waals surface area contributed by atoms with Crippen LogP contribution in [-0.4, -0.2) is 28.8 Å². The van der Waals surface area contributed by atoms with Gasteiger partial charge in [-0.05, 0) is 34.1 Å². The number of likely N-dealkylation sites (tertiary alicyclic amines) is 1. The van der Waals surface area contributed by atoms with Crippen LogP contribution in [0.3, 0.4) is 0 Å². The minimum absolute atomic E-state index is 0.0519. The van der Waals surface area contributed by atoms with Crippen LogP contribution in [0.25, 0.3) is 0 Å². The maximum atomic E-state index is 12.5. The lowest BCUT2D eigenvalue weighted by Crippen LogP contribution is -2.50. The molecular formula is C15H27NO. The molecule has 0 amide bonds. The Kier molecular flexibility index (Phi) is 3.87. The van der Waals surface area contributed by atoms with Gasteiger partial charge in [-0.1, -0.05) is 32.4 Å². The Labute approximate surface area is 106 Å². The third-order valence-corrected chi connectivity index (χ3v) is 3.52. The van der Waals surface area contributed by atoms with Crippen molar-refractivity contribution in [2.24, 2.45) is 5.41 Å². The lowest BCUT2D eigenvalue weighted by Gasteiger charge is -2.38. The largest absolute Gasteiger partial charge is 0.297 e. The van der Waals surface area contributed by atoms with Crippen molar-refractivity contribution in [2.45, 2.75) is 66.5 Å². The molecule has 0 saturated carbocycles. The van der Waals surface area contributed by atoms with Crippen LogP contribution in [0.4, 0.5) is 0 Å². The maximum absolute atomic E-state index is 12.5. The Balaban J connectivity index is 3.00. The molecule has 0 spiro atoms. The molecule has 0 aromatic heterocycles. The number of allylic oxidation sites excluding steroid dienone is 1. The topological polar surface area (TPSA) is 20.3 Å². The number of carbonyl (C=O) groups is 1. The monoisotopic (exact) mass is 237 g/mol. The number of rotatable bonds is 1. The maximum Gasteiger partial charge on any atom is 0.155 e. The summed E-state index contributed by atoms with van der Waals surface area (Å²) in [7, 11) is 0. The van der Waals surface area contributed by atoms with Crippen molar-refractivity contribution < 1.29 is 4.79 Å². The van der Waals surface area contributed by atoms with Crippen molar-refractivity contribution in [1.82, 2.24) is 4.90 Å². The number of ketones is 1. The molecule has 0 aliphatic carbocycles. The second-order valence-corrected chi connectivity index (χ2v) is 7.08. The fourth-order valence-electron chi connectivity index (χ4n) is 2.40. The molecule has 2 heteroatoms. The molecule has 1 heterocycles. The summed E-state index contributed by atoms with van der Waals surface area (Å²) in [4.78, 5) is 14.9. The first kappa shape index (κ1) is 14.4. The molecule has 1 rings (SSSR count). The molecule has 0 radical (unpaired) electrons. The summed E-state index contributed by atoms with van der Waals surface area (Å²) in [6, 6.07) is 0.0567. The van der Waals surface area contributed by atoms with Crippen molar-refractivity contribution in [2.75, 3.05) is 6.54 Å². The molecule has 1 aliphatic heterocycles. The first-order valence-corrected chi connectivity index (χ1v) is 6.52. The fourth-order valence-corrected chi connectivity index (χ4v) is 2.40. The van der Waals surface area contributed by atoms with Gasteiger partial charge in [0.2, 0.25) is 0 Å². The number of carbonyl (C=O) groups excluding carboxylic acids is 1. The van der Waals surface area contributed by atoms with Crippen molar-refractivity contribution in [1.29, 1.82) is 0 Å². The summed E-state index contributed by atoms with van der Waals surface area (Å²) in [5.41, 5.74) is 1.19. The van der Waals surface area contributed by atoms with Gasteiger partial charge in [-0.2, -0.15) is 0 Å². The second-order valence-electron chi connectivity index (χ2n) is 7.08. The SMILES string of the molecule is C/C=C1\CC(C(=O)C(C)(C)C)N(C(C)(C)C)C1. The summed E-state index contributed by atoms with van der Waals surface area (Å²) < 4.78 is 0. The molecule has 0 aromatic carbocycles. The molecule has 1 aliphatic rings. The van der Waals surface area contributed by atoms with Gasteiger partial charge < -0.3 is 0 Å². The van der Waals surface area contributed by atoms with Crippen LogP contribution in [-0.2, 0) is 4.79 Å². The summed E-state index contributed by atoms with van der Waals surface area (Å²) in [6.07, 6.45) is 3.07. The molecule has 1 saturated heterocycles. The van der Waals surface area contributed by atoms with E-state index in [0.29, 0.717) is 5.78 Å². The Hall–Kier alpha value is -0.630. The molecule has 0 bridgehead atoms. The summed E-state index contributed by atoms with van der Waals surface area (Å²) in [5.74, 6) is 0.365. The molecule has 0 N–H and O–H groups in total. The number of hydrogen-bond acceptors (Lipinski definition) is 2. The van der Waals surface area contributed by atoms with Crippen molar-refractivity contribution >= 4 is 5.78 Å². The van der Waals surface area contributed by atoms with Gasteiger partial charge in [-0.15, -0.1) is 0 Å². The average Bonchev–Trinajstić information content (AvgIpc) is 2.57. The Morgan fingerprint density at radius 1 is 1.24 bits per heavy atom. The lowest BCUT2D eigenvalue weighted by molar-refractivity contribution is -0.132. The standard InChI is InChI=1S/C15H27NO/c1-8-11-9-12(13(17)14(2,3)4)16(10-11)15(5,6)7/h8,12H,9-10H2,1-7H3/b11-8+. The summed E-state index contributed by atoms with van der Waals surface area (Å²) in [5, 5.41) is 0. The van der Waals surface area contributed by atoms with Crippen LogP contribution < -0.4 is 0 Å². The number of Topliss-reactive ketones (excluding diaryl/α,β-unsaturated/α-hetero) is 1. The van der Waals surface area contributed by atoms with E-state index in [-0.39, 0.29) is 17.0 Å². The smallest absolute Gasteiger partial charge is 0.155 e. The molecule has 17 heavy (non-hydrogen) atoms. The lowest BCUT2D eigenvalue weighted by atomic mass is 9.84. The van der Waals surface area contributed by atoms with Crippen LogP contribution in [0.15, 0.2) is 11.6 Å². The van der Waals surface area contributed by atoms with Crippen LogP contribution in [0.2, 0.25) is 0 Å². The first-order valence-electron chi connectivity index (χ1n) is 6.52. The van der Waals surface area contributed by atoms with Crippen LogP contribution in [0.1, 0.15) is 54.9 Å². The van der Waals surface area contributed by atoms with Crippen LogP contribution >= 0.6 is 0 Å². The predicted octanol–water partition coefficient (Wildman–Crippen LogP) is 3.42. The van der Waals surface area contributed by atoms with E-state index in [1.807, 2.05) is 20.8 Å². The fraction of sp³-hybridized carbons (Fsp3) is 0.800. The molecule has 1 atom stereocenters. The third-order valence-electron chi connectivity index (χ3n) is 3.52. The molecule has 98 valence electrons. The zero-order chi connectivity index (χ0) is 13.4. The van der Waals surface area contributed by atoms with Gasteiger partial charge in [0.25, 0.3) is 0 Å². The summed E-state index contributed by atoms with van der Waals surface area (Å²) >= 11 is 0. The number of hydrogen-bond donors (Lipinski definition) is 0. The van der Waals surface area contributed by atoms with E-state index >= 15 is 0 Å². The average molecular weight is 237 g/mol. The Morgan fingerprint density at radius 3 is 2.12 bits per heavy atom. The first-order chi connectivity index (χ1) is 7.57. The minimum Gasteiger partial charge on any atom is -0.297 e. The van der Waals surface area contributed by atoms with Gasteiger partial charge in [0.05, 0.1) is 6.04 Å². The quantitative estimate of drug-likeness (QED) is 0.651. The van der Waals surface area contributed by atoms with E-state index in [1.54, 1.807) is 0 Å². The molecule has 1 unspecified atom stereocenters. The van der Waals surface area contributed by atoms with Crippen molar-refractivity contribution in [3.8, 4) is 0 Å². The predicted molar refractivity (Wildman–Crippen MR) is 73.1 cm³/mol. The van der Waals surface area contributed by atoms with Crippen molar-refractivity contribution in [3.63, 3.8) is 0 Å². The summed E-state index contributed by atoms with van der Waals surface area (Å²) in [6.45, 7) is 15.6. The molecule has 2 nitrogen and oxygen atoms in total. The Morgan fingerprint density at radius 2 is 1.76 bits per heavy atom. The van der Waals surface area contributed by atoms with E-state index in [9.17, 15) is 4.79 Å². The molecule has 0 aromatic rings. The number of nitrogens with zero attached hydrogens (tertiary/aromatic N) is 1. The minimum atomic E-state index is -0.253. The van der Waals surface area contributed by atoms with E-state index < -0.39 is 0 Å². The van der Waals surface area contributed by atoms with Crippen LogP contribution in [0, 0.1) is 5.41 Å². The molecular weight excluding hydrogens is 210 g/mol. The highest BCUT2D eigenvalue weighted by molar-refractivity contribution is 5.89. The van der Waals surface area contributed by atoms with Crippen LogP contribution in [0.5, 0.6) is 0 Å².